The third-order valence-electron chi connectivity index (χ3n) is 6.11. The van der Waals surface area contributed by atoms with Crippen LogP contribution in [0.4, 0.5) is 14.6 Å². The molecule has 3 aromatic rings. The molecule has 0 spiro atoms. The van der Waals surface area contributed by atoms with Crippen LogP contribution < -0.4 is 16.5 Å². The number of aliphatic imine (C=N–C) groups is 1. The molecule has 4 N–H and O–H groups in total. The summed E-state index contributed by atoms with van der Waals surface area (Å²) in [6.45, 7) is 7.47. The van der Waals surface area contributed by atoms with Crippen LogP contribution in [0.5, 0.6) is 0 Å². The van der Waals surface area contributed by atoms with Gasteiger partial charge in [0.25, 0.3) is 0 Å². The predicted molar refractivity (Wildman–Crippen MR) is 140 cm³/mol. The maximum absolute atomic E-state index is 13.5. The van der Waals surface area contributed by atoms with E-state index in [0.29, 0.717) is 29.1 Å². The second kappa shape index (κ2) is 11.5. The van der Waals surface area contributed by atoms with Crippen molar-refractivity contribution in [3.63, 3.8) is 0 Å². The molecule has 0 amide bonds. The second-order valence-electron chi connectivity index (χ2n) is 9.58. The molecule has 1 heterocycles. The third kappa shape index (κ3) is 7.35. The molecule has 3 rings (SSSR count). The first kappa shape index (κ1) is 27.8. The van der Waals surface area contributed by atoms with Crippen molar-refractivity contribution >= 4 is 24.6 Å². The Bertz CT molecular complexity index is 1320. The lowest BCUT2D eigenvalue weighted by Gasteiger charge is -2.37. The molecule has 10 heteroatoms. The Morgan fingerprint density at radius 3 is 2.41 bits per heavy atom. The lowest BCUT2D eigenvalue weighted by atomic mass is 9.82. The van der Waals surface area contributed by atoms with Crippen molar-refractivity contribution in [1.29, 1.82) is 5.26 Å². The number of anilines is 1. The van der Waals surface area contributed by atoms with Gasteiger partial charge in [-0.3, -0.25) is 4.99 Å². The van der Waals surface area contributed by atoms with Gasteiger partial charge < -0.3 is 20.8 Å². The number of pyridine rings is 1. The molecule has 7 nitrogen and oxygen atoms in total. The number of nitrogens with two attached hydrogens (primary N) is 1. The summed E-state index contributed by atoms with van der Waals surface area (Å²) in [6, 6.07) is 14.7. The van der Waals surface area contributed by atoms with Gasteiger partial charge in [0.1, 0.15) is 17.7 Å². The number of nitrogens with zero attached hydrogens (tertiary/aromatic N) is 3. The highest BCUT2D eigenvalue weighted by atomic mass is 19.2. The zero-order chi connectivity index (χ0) is 27.2. The van der Waals surface area contributed by atoms with Crippen molar-refractivity contribution in [3.05, 3.63) is 88.6 Å². The van der Waals surface area contributed by atoms with Crippen LogP contribution in [0.1, 0.15) is 49.9 Å². The number of aromatic nitrogens is 1. The van der Waals surface area contributed by atoms with Crippen molar-refractivity contribution in [1.82, 2.24) is 4.98 Å². The van der Waals surface area contributed by atoms with Gasteiger partial charge in [-0.25, -0.2) is 13.8 Å². The van der Waals surface area contributed by atoms with Gasteiger partial charge in [-0.05, 0) is 57.0 Å². The normalized spacial score (nSPS) is 12.2. The van der Waals surface area contributed by atoms with Gasteiger partial charge in [0.2, 0.25) is 0 Å². The highest BCUT2D eigenvalue weighted by Gasteiger charge is 2.35. The molecule has 0 aliphatic carbocycles. The van der Waals surface area contributed by atoms with E-state index in [-0.39, 0.29) is 12.4 Å². The summed E-state index contributed by atoms with van der Waals surface area (Å²) in [7, 11) is 1.61. The average Bonchev–Trinajstić information content (AvgIpc) is 2.86. The zero-order valence-corrected chi connectivity index (χ0v) is 21.2. The summed E-state index contributed by atoms with van der Waals surface area (Å²) in [4.78, 5) is 8.58. The highest BCUT2D eigenvalue weighted by molar-refractivity contribution is 6.47. The smallest absolute Gasteiger partial charge is 0.330 e. The van der Waals surface area contributed by atoms with E-state index in [4.69, 9.17) is 10.4 Å². The minimum Gasteiger partial charge on any atom is -0.427 e. The highest BCUT2D eigenvalue weighted by Crippen LogP contribution is 2.24. The molecule has 0 fully saturated rings. The number of hydrogen-bond donors (Lipinski definition) is 3. The van der Waals surface area contributed by atoms with Gasteiger partial charge in [-0.1, -0.05) is 35.8 Å². The first-order valence-corrected chi connectivity index (χ1v) is 11.6. The first-order valence-electron chi connectivity index (χ1n) is 11.6. The zero-order valence-electron chi connectivity index (χ0n) is 21.2. The molecular formula is C27H29BF2N5O2. The molecule has 191 valence electrons. The summed E-state index contributed by atoms with van der Waals surface area (Å²) < 4.78 is 32.4. The molecule has 1 radical (unpaired) electrons. The van der Waals surface area contributed by atoms with Gasteiger partial charge >= 0.3 is 7.48 Å². The average molecular weight is 504 g/mol. The fourth-order valence-electron chi connectivity index (χ4n) is 3.02. The summed E-state index contributed by atoms with van der Waals surface area (Å²) in [6.07, 6.45) is 1.42. The van der Waals surface area contributed by atoms with E-state index < -0.39 is 22.8 Å². The summed E-state index contributed by atoms with van der Waals surface area (Å²) in [5, 5.41) is 22.7. The van der Waals surface area contributed by atoms with Crippen LogP contribution >= 0.6 is 0 Å². The molecule has 0 aliphatic heterocycles. The molecular weight excluding hydrogens is 475 g/mol. The van der Waals surface area contributed by atoms with E-state index in [9.17, 15) is 19.1 Å². The molecule has 2 aromatic carbocycles. The van der Waals surface area contributed by atoms with Crippen LogP contribution in [-0.4, -0.2) is 34.6 Å². The summed E-state index contributed by atoms with van der Waals surface area (Å²) in [5.41, 5.74) is 7.37. The number of amidine groups is 1. The van der Waals surface area contributed by atoms with Crippen LogP contribution in [-0.2, 0) is 17.7 Å². The van der Waals surface area contributed by atoms with Crippen molar-refractivity contribution in [2.75, 3.05) is 5.32 Å². The van der Waals surface area contributed by atoms with Crippen LogP contribution in [0.3, 0.4) is 0 Å². The fraction of sp³-hybridized carbons (Fsp3) is 0.296. The minimum absolute atomic E-state index is 0.0313. The van der Waals surface area contributed by atoms with Crippen molar-refractivity contribution in [2.24, 2.45) is 10.7 Å². The van der Waals surface area contributed by atoms with Crippen molar-refractivity contribution < 1.29 is 18.5 Å². The number of nitrogens with one attached hydrogen (secondary N) is 1. The van der Waals surface area contributed by atoms with Gasteiger partial charge in [0.05, 0.1) is 28.9 Å². The van der Waals surface area contributed by atoms with E-state index in [1.165, 1.54) is 12.3 Å². The third-order valence-corrected chi connectivity index (χ3v) is 6.11. The van der Waals surface area contributed by atoms with E-state index in [0.717, 1.165) is 23.2 Å². The number of hydrogen-bond acceptors (Lipinski definition) is 6. The number of halogens is 2. The van der Waals surface area contributed by atoms with E-state index in [2.05, 4.69) is 15.3 Å². The Morgan fingerprint density at radius 1 is 1.11 bits per heavy atom. The molecule has 0 atom stereocenters. The molecule has 0 saturated carbocycles. The van der Waals surface area contributed by atoms with Gasteiger partial charge in [0, 0.05) is 12.7 Å². The number of aliphatic hydroxyl groups is 1. The lowest BCUT2D eigenvalue weighted by Crippen LogP contribution is -2.49. The number of nitriles is 1. The molecule has 37 heavy (non-hydrogen) atoms. The van der Waals surface area contributed by atoms with E-state index in [1.54, 1.807) is 27.4 Å². The van der Waals surface area contributed by atoms with Gasteiger partial charge in [0.15, 0.2) is 11.6 Å². The van der Waals surface area contributed by atoms with Gasteiger partial charge in [-0.15, -0.1) is 0 Å². The lowest BCUT2D eigenvalue weighted by molar-refractivity contribution is -0.0893. The summed E-state index contributed by atoms with van der Waals surface area (Å²) >= 11 is 0. The number of benzene rings is 2. The van der Waals surface area contributed by atoms with Crippen LogP contribution in [0.2, 0.25) is 0 Å². The first-order chi connectivity index (χ1) is 17.4. The molecule has 0 saturated heterocycles. The van der Waals surface area contributed by atoms with Crippen LogP contribution in [0, 0.1) is 23.0 Å². The SMILES string of the molecule is CC(C)(O)C(C)(C)O[B]c1ccc(CNc2ncc(C#N)cc2C(N)=NCc2ccc(F)c(F)c2)cc1. The fourth-order valence-corrected chi connectivity index (χ4v) is 3.02. The molecule has 0 unspecified atom stereocenters. The van der Waals surface area contributed by atoms with Crippen LogP contribution in [0.15, 0.2) is 59.7 Å². The second-order valence-corrected chi connectivity index (χ2v) is 9.58. The van der Waals surface area contributed by atoms with E-state index >= 15 is 0 Å². The van der Waals surface area contributed by atoms with Crippen molar-refractivity contribution in [3.8, 4) is 6.07 Å². The van der Waals surface area contributed by atoms with Crippen LogP contribution in [0.25, 0.3) is 0 Å². The Labute approximate surface area is 216 Å². The maximum atomic E-state index is 13.5. The predicted octanol–water partition coefficient (Wildman–Crippen LogP) is 3.56. The molecule has 0 aliphatic rings. The standard InChI is InChI=1S/C27H29BF2N5O2/c1-26(2,36)27(3,4)37-28-20-8-5-17(6-9-20)14-34-25-21(11-19(13-31)16-35-25)24(32)33-15-18-7-10-22(29)23(30)12-18/h5-12,16,36H,14-15H2,1-4H3,(H2,32,33)(H,34,35). The molecule has 1 aromatic heterocycles. The molecule has 0 bridgehead atoms. The number of rotatable bonds is 10. The largest absolute Gasteiger partial charge is 0.427 e. The Morgan fingerprint density at radius 2 is 1.78 bits per heavy atom. The Kier molecular flexibility index (Phi) is 8.63. The quantitative estimate of drug-likeness (QED) is 0.221. The van der Waals surface area contributed by atoms with Gasteiger partial charge in [-0.2, -0.15) is 5.26 Å². The van der Waals surface area contributed by atoms with Crippen molar-refractivity contribution in [2.45, 2.75) is 52.0 Å². The topological polar surface area (TPSA) is 117 Å². The Hall–Kier alpha value is -3.81. The monoisotopic (exact) mass is 504 g/mol. The Balaban J connectivity index is 1.69. The summed E-state index contributed by atoms with van der Waals surface area (Å²) in [5.74, 6) is -1.36. The minimum atomic E-state index is -1.01. The van der Waals surface area contributed by atoms with E-state index in [1.807, 2.05) is 44.2 Å². The maximum Gasteiger partial charge on any atom is 0.330 e.